The summed E-state index contributed by atoms with van der Waals surface area (Å²) in [7, 11) is 1.66. The number of aromatic nitrogens is 5. The Kier molecular flexibility index (Phi) is 4.84. The maximum Gasteiger partial charge on any atom is 0.157 e. The van der Waals surface area contributed by atoms with Gasteiger partial charge in [0, 0.05) is 31.5 Å². The molecule has 0 radical (unpaired) electrons. The molecular formula is C20H28N6O2. The molecule has 3 heterocycles. The fourth-order valence-corrected chi connectivity index (χ4v) is 3.83. The Hall–Kier alpha value is -2.45. The first-order valence-electron chi connectivity index (χ1n) is 9.73. The Morgan fingerprint density at radius 2 is 2.07 bits per heavy atom. The van der Waals surface area contributed by atoms with Gasteiger partial charge in [-0.2, -0.15) is 10.2 Å². The van der Waals surface area contributed by atoms with Gasteiger partial charge in [-0.3, -0.25) is 0 Å². The van der Waals surface area contributed by atoms with Crippen molar-refractivity contribution in [3.05, 3.63) is 35.9 Å². The number of hydrogen-bond acceptors (Lipinski definition) is 6. The molecule has 0 saturated heterocycles. The maximum absolute atomic E-state index is 9.92. The first-order chi connectivity index (χ1) is 13.3. The van der Waals surface area contributed by atoms with E-state index in [-0.39, 0.29) is 11.6 Å². The Morgan fingerprint density at radius 3 is 2.75 bits per heavy atom. The molecule has 0 spiro atoms. The molecule has 0 aromatic carbocycles. The second-order valence-electron chi connectivity index (χ2n) is 8.50. The number of anilines is 2. The number of ether oxygens (including phenoxy) is 1. The van der Waals surface area contributed by atoms with E-state index >= 15 is 0 Å². The monoisotopic (exact) mass is 384 g/mol. The molecule has 150 valence electrons. The molecular weight excluding hydrogens is 356 g/mol. The summed E-state index contributed by atoms with van der Waals surface area (Å²) < 4.78 is 9.00. The summed E-state index contributed by atoms with van der Waals surface area (Å²) in [5.74, 6) is 1.91. The molecule has 1 aliphatic carbocycles. The van der Waals surface area contributed by atoms with Crippen LogP contribution in [0.4, 0.5) is 11.6 Å². The number of aliphatic hydroxyl groups is 1. The second-order valence-corrected chi connectivity index (χ2v) is 8.50. The van der Waals surface area contributed by atoms with Gasteiger partial charge in [0.05, 0.1) is 29.6 Å². The molecule has 3 aromatic heterocycles. The molecule has 3 aromatic rings. The standard InChI is InChI=1S/C20H28N6O2/c1-20(2,3)26-18(11-16(24-26)13-5-6-15(27)9-13)22-19-17-10-14(12-28-4)23-25(17)8-7-21-19/h7-8,10-11,13,15,27H,5-6,9,12H2,1-4H3,(H,21,22)/t13-,15+/m1/s1. The molecule has 8 nitrogen and oxygen atoms in total. The van der Waals surface area contributed by atoms with Crippen LogP contribution in [0.15, 0.2) is 24.5 Å². The van der Waals surface area contributed by atoms with Crippen molar-refractivity contribution in [3.8, 4) is 0 Å². The Morgan fingerprint density at radius 1 is 1.25 bits per heavy atom. The minimum absolute atomic E-state index is 0.190. The van der Waals surface area contributed by atoms with Gasteiger partial charge in [0.2, 0.25) is 0 Å². The second kappa shape index (κ2) is 7.18. The van der Waals surface area contributed by atoms with E-state index in [0.29, 0.717) is 12.5 Å². The predicted molar refractivity (Wildman–Crippen MR) is 107 cm³/mol. The molecule has 0 aliphatic heterocycles. The van der Waals surface area contributed by atoms with E-state index in [2.05, 4.69) is 42.2 Å². The predicted octanol–water partition coefficient (Wildman–Crippen LogP) is 3.20. The van der Waals surface area contributed by atoms with Crippen molar-refractivity contribution in [2.45, 2.75) is 64.2 Å². The van der Waals surface area contributed by atoms with Gasteiger partial charge in [-0.25, -0.2) is 14.2 Å². The van der Waals surface area contributed by atoms with Crippen LogP contribution < -0.4 is 5.32 Å². The molecule has 1 aliphatic rings. The third-order valence-electron chi connectivity index (χ3n) is 5.17. The minimum Gasteiger partial charge on any atom is -0.393 e. The largest absolute Gasteiger partial charge is 0.393 e. The lowest BCUT2D eigenvalue weighted by atomic mass is 10.0. The van der Waals surface area contributed by atoms with Crippen molar-refractivity contribution in [1.29, 1.82) is 0 Å². The number of rotatable bonds is 5. The maximum atomic E-state index is 9.92. The molecule has 8 heteroatoms. The fraction of sp³-hybridized carbons (Fsp3) is 0.550. The number of fused-ring (bicyclic) bond motifs is 1. The molecule has 2 atom stereocenters. The van der Waals surface area contributed by atoms with Crippen molar-refractivity contribution in [2.75, 3.05) is 12.4 Å². The zero-order valence-corrected chi connectivity index (χ0v) is 16.9. The van der Waals surface area contributed by atoms with Gasteiger partial charge in [0.1, 0.15) is 11.3 Å². The molecule has 0 bridgehead atoms. The summed E-state index contributed by atoms with van der Waals surface area (Å²) in [6, 6.07) is 4.07. The van der Waals surface area contributed by atoms with Crippen LogP contribution in [-0.4, -0.2) is 42.7 Å². The number of methoxy groups -OCH3 is 1. The number of nitrogens with zero attached hydrogens (tertiary/aromatic N) is 5. The number of nitrogens with one attached hydrogen (secondary N) is 1. The summed E-state index contributed by atoms with van der Waals surface area (Å²) in [6.45, 7) is 6.83. The summed E-state index contributed by atoms with van der Waals surface area (Å²) in [5.41, 5.74) is 2.57. The van der Waals surface area contributed by atoms with Crippen LogP contribution in [0.2, 0.25) is 0 Å². The zero-order valence-electron chi connectivity index (χ0n) is 16.9. The van der Waals surface area contributed by atoms with Gasteiger partial charge in [0.25, 0.3) is 0 Å². The van der Waals surface area contributed by atoms with Gasteiger partial charge in [0.15, 0.2) is 5.82 Å². The van der Waals surface area contributed by atoms with Gasteiger partial charge in [-0.1, -0.05) is 0 Å². The lowest BCUT2D eigenvalue weighted by Gasteiger charge is -2.22. The lowest BCUT2D eigenvalue weighted by molar-refractivity contribution is 0.181. The Balaban J connectivity index is 1.71. The van der Waals surface area contributed by atoms with E-state index in [0.717, 1.165) is 47.8 Å². The quantitative estimate of drug-likeness (QED) is 0.702. The van der Waals surface area contributed by atoms with Gasteiger partial charge in [-0.05, 0) is 46.1 Å². The topological polar surface area (TPSA) is 89.5 Å². The molecule has 2 N–H and O–H groups in total. The van der Waals surface area contributed by atoms with Crippen LogP contribution in [0.5, 0.6) is 0 Å². The highest BCUT2D eigenvalue weighted by atomic mass is 16.5. The summed E-state index contributed by atoms with van der Waals surface area (Å²) in [5, 5.41) is 22.8. The first kappa shape index (κ1) is 18.9. The highest BCUT2D eigenvalue weighted by molar-refractivity contribution is 5.72. The Bertz CT molecular complexity index is 971. The fourth-order valence-electron chi connectivity index (χ4n) is 3.83. The highest BCUT2D eigenvalue weighted by Gasteiger charge is 2.29. The van der Waals surface area contributed by atoms with Crippen LogP contribution in [-0.2, 0) is 16.9 Å². The SMILES string of the molecule is COCc1cc2c(Nc3cc([C@@H]4CC[C@H](O)C4)nn3C(C)(C)C)nccn2n1. The molecule has 1 fully saturated rings. The number of hydrogen-bond donors (Lipinski definition) is 2. The average molecular weight is 384 g/mol. The summed E-state index contributed by atoms with van der Waals surface area (Å²) in [4.78, 5) is 4.52. The minimum atomic E-state index is -0.220. The van der Waals surface area contributed by atoms with E-state index in [1.165, 1.54) is 0 Å². The van der Waals surface area contributed by atoms with Crippen molar-refractivity contribution >= 4 is 17.2 Å². The smallest absolute Gasteiger partial charge is 0.157 e. The van der Waals surface area contributed by atoms with Crippen molar-refractivity contribution in [3.63, 3.8) is 0 Å². The van der Waals surface area contributed by atoms with Crippen LogP contribution in [0.3, 0.4) is 0 Å². The van der Waals surface area contributed by atoms with E-state index < -0.39 is 0 Å². The lowest BCUT2D eigenvalue weighted by Crippen LogP contribution is -2.25. The van der Waals surface area contributed by atoms with Crippen molar-refractivity contribution in [2.24, 2.45) is 0 Å². The van der Waals surface area contributed by atoms with Crippen LogP contribution >= 0.6 is 0 Å². The summed E-state index contributed by atoms with van der Waals surface area (Å²) >= 11 is 0. The number of aliphatic hydroxyl groups excluding tert-OH is 1. The zero-order chi connectivity index (χ0) is 19.9. The van der Waals surface area contributed by atoms with Gasteiger partial charge >= 0.3 is 0 Å². The molecule has 0 amide bonds. The molecule has 0 unspecified atom stereocenters. The van der Waals surface area contributed by atoms with Crippen molar-refractivity contribution < 1.29 is 9.84 Å². The van der Waals surface area contributed by atoms with E-state index in [1.54, 1.807) is 17.8 Å². The third kappa shape index (κ3) is 3.62. The molecule has 1 saturated carbocycles. The van der Waals surface area contributed by atoms with Crippen LogP contribution in [0.1, 0.15) is 57.3 Å². The van der Waals surface area contributed by atoms with Crippen molar-refractivity contribution in [1.82, 2.24) is 24.4 Å². The van der Waals surface area contributed by atoms with Crippen LogP contribution in [0.25, 0.3) is 5.52 Å². The highest BCUT2D eigenvalue weighted by Crippen LogP contribution is 2.36. The van der Waals surface area contributed by atoms with Crippen LogP contribution in [0, 0.1) is 0 Å². The Labute approximate surface area is 164 Å². The molecule has 28 heavy (non-hydrogen) atoms. The average Bonchev–Trinajstić information content (AvgIpc) is 3.32. The van der Waals surface area contributed by atoms with Gasteiger partial charge in [-0.15, -0.1) is 0 Å². The van der Waals surface area contributed by atoms with Gasteiger partial charge < -0.3 is 15.2 Å². The molecule has 4 rings (SSSR count). The normalized spacial score (nSPS) is 20.2. The van der Waals surface area contributed by atoms with E-state index in [1.807, 2.05) is 16.9 Å². The summed E-state index contributed by atoms with van der Waals surface area (Å²) in [6.07, 6.45) is 5.92. The third-order valence-corrected chi connectivity index (χ3v) is 5.17. The van der Waals surface area contributed by atoms with E-state index in [4.69, 9.17) is 9.84 Å². The van der Waals surface area contributed by atoms with E-state index in [9.17, 15) is 5.11 Å². The first-order valence-corrected chi connectivity index (χ1v) is 9.73.